The number of hydrogen-bond donors (Lipinski definition) is 1. The fourth-order valence-electron chi connectivity index (χ4n) is 1.92. The van der Waals surface area contributed by atoms with Crippen LogP contribution in [0, 0.1) is 11.6 Å². The Kier molecular flexibility index (Phi) is 5.72. The Bertz CT molecular complexity index is 601. The average molecular weight is 425 g/mol. The van der Waals surface area contributed by atoms with Crippen molar-refractivity contribution in [3.8, 4) is 0 Å². The third-order valence-corrected chi connectivity index (χ3v) is 5.21. The molecular formula is C14H13Br2F2NS. The SMILES string of the molecule is CCCNC(c1cc(Br)cs1)c1c(F)ccc(Br)c1F. The van der Waals surface area contributed by atoms with Crippen LogP contribution in [0.5, 0.6) is 0 Å². The zero-order valence-electron chi connectivity index (χ0n) is 10.7. The fraction of sp³-hybridized carbons (Fsp3) is 0.286. The van der Waals surface area contributed by atoms with Crippen molar-refractivity contribution in [1.29, 1.82) is 0 Å². The molecule has 1 aromatic heterocycles. The van der Waals surface area contributed by atoms with Crippen LogP contribution in [0.1, 0.15) is 29.8 Å². The lowest BCUT2D eigenvalue weighted by molar-refractivity contribution is 0.503. The molecule has 0 saturated heterocycles. The molecule has 0 spiro atoms. The Morgan fingerprint density at radius 1 is 1.30 bits per heavy atom. The standard InChI is InChI=1S/C14H13Br2F2NS/c1-2-5-19-14(11-6-8(15)7-20-11)12-10(17)4-3-9(16)13(12)18/h3-4,6-7,14,19H,2,5H2,1H3. The van der Waals surface area contributed by atoms with Crippen LogP contribution in [-0.4, -0.2) is 6.54 Å². The second-order valence-electron chi connectivity index (χ2n) is 4.31. The van der Waals surface area contributed by atoms with Gasteiger partial charge in [-0.2, -0.15) is 0 Å². The van der Waals surface area contributed by atoms with E-state index in [0.29, 0.717) is 6.54 Å². The summed E-state index contributed by atoms with van der Waals surface area (Å²) >= 11 is 7.97. The highest BCUT2D eigenvalue weighted by atomic mass is 79.9. The van der Waals surface area contributed by atoms with Gasteiger partial charge in [0.05, 0.1) is 10.5 Å². The summed E-state index contributed by atoms with van der Waals surface area (Å²) in [6, 6.07) is 4.07. The summed E-state index contributed by atoms with van der Waals surface area (Å²) in [5, 5.41) is 5.12. The molecule has 1 heterocycles. The van der Waals surface area contributed by atoms with Gasteiger partial charge in [0, 0.05) is 20.3 Å². The minimum atomic E-state index is -0.553. The first-order valence-corrected chi connectivity index (χ1v) is 8.61. The van der Waals surface area contributed by atoms with E-state index in [1.54, 1.807) is 0 Å². The zero-order chi connectivity index (χ0) is 14.7. The van der Waals surface area contributed by atoms with Crippen LogP contribution in [0.25, 0.3) is 0 Å². The van der Waals surface area contributed by atoms with E-state index in [4.69, 9.17) is 0 Å². The normalized spacial score (nSPS) is 12.7. The maximum Gasteiger partial charge on any atom is 0.145 e. The van der Waals surface area contributed by atoms with Crippen LogP contribution >= 0.6 is 43.2 Å². The maximum atomic E-state index is 14.3. The monoisotopic (exact) mass is 423 g/mol. The highest BCUT2D eigenvalue weighted by molar-refractivity contribution is 9.10. The molecule has 0 bridgehead atoms. The van der Waals surface area contributed by atoms with Gasteiger partial charge in [-0.05, 0) is 63.0 Å². The highest BCUT2D eigenvalue weighted by Crippen LogP contribution is 2.34. The first-order valence-electron chi connectivity index (χ1n) is 6.15. The molecule has 1 aromatic carbocycles. The number of hydrogen-bond acceptors (Lipinski definition) is 2. The molecule has 0 amide bonds. The van der Waals surface area contributed by atoms with Crippen molar-refractivity contribution >= 4 is 43.2 Å². The van der Waals surface area contributed by atoms with E-state index in [9.17, 15) is 8.78 Å². The van der Waals surface area contributed by atoms with E-state index in [0.717, 1.165) is 15.8 Å². The van der Waals surface area contributed by atoms with Crippen LogP contribution < -0.4 is 5.32 Å². The number of nitrogens with one attached hydrogen (secondary N) is 1. The summed E-state index contributed by atoms with van der Waals surface area (Å²) in [6.07, 6.45) is 0.889. The van der Waals surface area contributed by atoms with E-state index < -0.39 is 17.7 Å². The number of rotatable bonds is 5. The number of halogens is 4. The second-order valence-corrected chi connectivity index (χ2v) is 7.02. The predicted molar refractivity (Wildman–Crippen MR) is 86.2 cm³/mol. The third kappa shape index (κ3) is 3.47. The van der Waals surface area contributed by atoms with Crippen molar-refractivity contribution in [3.63, 3.8) is 0 Å². The minimum Gasteiger partial charge on any atom is -0.305 e. The molecule has 2 aromatic rings. The van der Waals surface area contributed by atoms with Crippen LogP contribution in [0.4, 0.5) is 8.78 Å². The van der Waals surface area contributed by atoms with Gasteiger partial charge in [0.2, 0.25) is 0 Å². The minimum absolute atomic E-state index is 0.0576. The molecule has 0 saturated carbocycles. The molecule has 0 aliphatic rings. The highest BCUT2D eigenvalue weighted by Gasteiger charge is 2.24. The van der Waals surface area contributed by atoms with Gasteiger partial charge in [-0.1, -0.05) is 6.92 Å². The quantitative estimate of drug-likeness (QED) is 0.612. The first-order chi connectivity index (χ1) is 9.54. The lowest BCUT2D eigenvalue weighted by Gasteiger charge is -2.19. The van der Waals surface area contributed by atoms with Crippen LogP contribution in [0.2, 0.25) is 0 Å². The van der Waals surface area contributed by atoms with Gasteiger partial charge in [-0.25, -0.2) is 8.78 Å². The first kappa shape index (κ1) is 16.1. The summed E-state index contributed by atoms with van der Waals surface area (Å²) < 4.78 is 29.6. The summed E-state index contributed by atoms with van der Waals surface area (Å²) in [7, 11) is 0. The maximum absolute atomic E-state index is 14.3. The Hall–Kier alpha value is -0.300. The van der Waals surface area contributed by atoms with Crippen molar-refractivity contribution in [3.05, 3.63) is 54.6 Å². The lowest BCUT2D eigenvalue weighted by atomic mass is 10.0. The van der Waals surface area contributed by atoms with Gasteiger partial charge in [0.25, 0.3) is 0 Å². The van der Waals surface area contributed by atoms with Crippen molar-refractivity contribution in [2.45, 2.75) is 19.4 Å². The number of thiophene rings is 1. The Labute approximate surface area is 137 Å². The molecule has 1 atom stereocenters. The summed E-state index contributed by atoms with van der Waals surface area (Å²) in [5.74, 6) is -1.09. The predicted octanol–water partition coefficient (Wildman–Crippen LogP) is 5.64. The lowest BCUT2D eigenvalue weighted by Crippen LogP contribution is -2.24. The molecular weight excluding hydrogens is 412 g/mol. The van der Waals surface area contributed by atoms with E-state index >= 15 is 0 Å². The molecule has 1 N–H and O–H groups in total. The van der Waals surface area contributed by atoms with Crippen molar-refractivity contribution in [2.24, 2.45) is 0 Å². The van der Waals surface area contributed by atoms with Crippen molar-refractivity contribution in [1.82, 2.24) is 5.32 Å². The van der Waals surface area contributed by atoms with Gasteiger partial charge in [-0.3, -0.25) is 0 Å². The van der Waals surface area contributed by atoms with Gasteiger partial charge in [0.1, 0.15) is 11.6 Å². The average Bonchev–Trinajstić information content (AvgIpc) is 2.84. The van der Waals surface area contributed by atoms with Crippen molar-refractivity contribution < 1.29 is 8.78 Å². The largest absolute Gasteiger partial charge is 0.305 e. The van der Waals surface area contributed by atoms with E-state index in [2.05, 4.69) is 37.2 Å². The molecule has 0 fully saturated rings. The molecule has 2 rings (SSSR count). The molecule has 0 aliphatic carbocycles. The Balaban J connectivity index is 2.49. The fourth-order valence-corrected chi connectivity index (χ4v) is 3.79. The Morgan fingerprint density at radius 3 is 2.65 bits per heavy atom. The smallest absolute Gasteiger partial charge is 0.145 e. The molecule has 6 heteroatoms. The van der Waals surface area contributed by atoms with Crippen LogP contribution in [0.15, 0.2) is 32.5 Å². The molecule has 1 unspecified atom stereocenters. The summed E-state index contributed by atoms with van der Waals surface area (Å²) in [6.45, 7) is 2.70. The molecule has 1 nitrogen and oxygen atoms in total. The summed E-state index contributed by atoms with van der Waals surface area (Å²) in [4.78, 5) is 0.876. The summed E-state index contributed by atoms with van der Waals surface area (Å²) in [5.41, 5.74) is 0.0576. The van der Waals surface area contributed by atoms with Gasteiger partial charge < -0.3 is 5.32 Å². The molecule has 20 heavy (non-hydrogen) atoms. The van der Waals surface area contributed by atoms with Crippen LogP contribution in [-0.2, 0) is 0 Å². The number of benzene rings is 1. The van der Waals surface area contributed by atoms with E-state index in [1.807, 2.05) is 18.4 Å². The van der Waals surface area contributed by atoms with Crippen LogP contribution in [0.3, 0.4) is 0 Å². The topological polar surface area (TPSA) is 12.0 Å². The van der Waals surface area contributed by atoms with Gasteiger partial charge in [0.15, 0.2) is 0 Å². The third-order valence-electron chi connectivity index (χ3n) is 2.84. The van der Waals surface area contributed by atoms with Gasteiger partial charge >= 0.3 is 0 Å². The van der Waals surface area contributed by atoms with Crippen molar-refractivity contribution in [2.75, 3.05) is 6.54 Å². The zero-order valence-corrected chi connectivity index (χ0v) is 14.7. The van der Waals surface area contributed by atoms with E-state index in [1.165, 1.54) is 23.5 Å². The second kappa shape index (κ2) is 7.11. The molecule has 0 radical (unpaired) electrons. The Morgan fingerprint density at radius 2 is 2.05 bits per heavy atom. The van der Waals surface area contributed by atoms with E-state index in [-0.39, 0.29) is 10.0 Å². The molecule has 0 aliphatic heterocycles. The van der Waals surface area contributed by atoms with Gasteiger partial charge in [-0.15, -0.1) is 11.3 Å². The molecule has 108 valence electrons.